The van der Waals surface area contributed by atoms with Gasteiger partial charge in [-0.1, -0.05) is 6.07 Å². The van der Waals surface area contributed by atoms with Crippen molar-refractivity contribution >= 4 is 0 Å². The molecule has 0 spiro atoms. The van der Waals surface area contributed by atoms with Crippen LogP contribution < -0.4 is 4.74 Å². The monoisotopic (exact) mass is 208 g/mol. The van der Waals surface area contributed by atoms with E-state index in [9.17, 15) is 4.39 Å². The van der Waals surface area contributed by atoms with Crippen LogP contribution in [0.1, 0.15) is 5.76 Å². The van der Waals surface area contributed by atoms with Gasteiger partial charge in [0, 0.05) is 12.1 Å². The van der Waals surface area contributed by atoms with Crippen molar-refractivity contribution in [1.82, 2.24) is 0 Å². The van der Waals surface area contributed by atoms with Crippen molar-refractivity contribution < 1.29 is 18.7 Å². The molecular weight excluding hydrogens is 199 g/mol. The van der Waals surface area contributed by atoms with Gasteiger partial charge in [-0.25, -0.2) is 4.39 Å². The Morgan fingerprint density at radius 2 is 2.13 bits per heavy atom. The second kappa shape index (κ2) is 4.14. The molecule has 0 atom stereocenters. The zero-order chi connectivity index (χ0) is 10.7. The third-order valence-corrected chi connectivity index (χ3v) is 1.81. The minimum atomic E-state index is -0.374. The summed E-state index contributed by atoms with van der Waals surface area (Å²) in [5.41, 5.74) is 0. The Labute approximate surface area is 85.7 Å². The number of ether oxygens (including phenoxy) is 1. The van der Waals surface area contributed by atoms with Crippen LogP contribution in [0.25, 0.3) is 0 Å². The minimum Gasteiger partial charge on any atom is -0.428 e. The zero-order valence-corrected chi connectivity index (χ0v) is 7.81. The molecule has 0 amide bonds. The summed E-state index contributed by atoms with van der Waals surface area (Å²) in [6, 6.07) is 8.89. The lowest BCUT2D eigenvalue weighted by atomic mass is 10.3. The average Bonchev–Trinajstić information content (AvgIpc) is 2.65. The first-order valence-electron chi connectivity index (χ1n) is 4.41. The van der Waals surface area contributed by atoms with E-state index in [0.717, 1.165) is 0 Å². The average molecular weight is 208 g/mol. The lowest BCUT2D eigenvalue weighted by molar-refractivity contribution is 0.231. The van der Waals surface area contributed by atoms with Crippen molar-refractivity contribution in [3.8, 4) is 11.7 Å². The van der Waals surface area contributed by atoms with E-state index >= 15 is 0 Å². The Morgan fingerprint density at radius 3 is 2.80 bits per heavy atom. The highest BCUT2D eigenvalue weighted by Gasteiger charge is 2.03. The highest BCUT2D eigenvalue weighted by molar-refractivity contribution is 5.26. The van der Waals surface area contributed by atoms with Crippen LogP contribution in [0, 0.1) is 5.82 Å². The second-order valence-corrected chi connectivity index (χ2v) is 2.94. The number of hydrogen-bond acceptors (Lipinski definition) is 3. The number of hydrogen-bond donors (Lipinski definition) is 1. The van der Waals surface area contributed by atoms with Crippen LogP contribution >= 0.6 is 0 Å². The van der Waals surface area contributed by atoms with E-state index in [2.05, 4.69) is 0 Å². The van der Waals surface area contributed by atoms with E-state index in [4.69, 9.17) is 14.3 Å². The van der Waals surface area contributed by atoms with E-state index in [1.165, 1.54) is 12.1 Å². The molecule has 0 unspecified atom stereocenters. The molecule has 0 saturated heterocycles. The number of rotatable bonds is 3. The summed E-state index contributed by atoms with van der Waals surface area (Å²) in [5.74, 6) is 0.612. The summed E-state index contributed by atoms with van der Waals surface area (Å²) in [6.45, 7) is -0.188. The molecule has 1 heterocycles. The van der Waals surface area contributed by atoms with E-state index < -0.39 is 0 Å². The molecule has 0 aliphatic heterocycles. The van der Waals surface area contributed by atoms with E-state index in [0.29, 0.717) is 11.5 Å². The molecule has 0 fully saturated rings. The van der Waals surface area contributed by atoms with Gasteiger partial charge in [-0.05, 0) is 18.2 Å². The van der Waals surface area contributed by atoms with Gasteiger partial charge in [0.1, 0.15) is 23.9 Å². The van der Waals surface area contributed by atoms with Crippen molar-refractivity contribution in [2.75, 3.05) is 0 Å². The highest BCUT2D eigenvalue weighted by atomic mass is 19.1. The smallest absolute Gasteiger partial charge is 0.290 e. The fourth-order valence-electron chi connectivity index (χ4n) is 1.14. The number of benzene rings is 1. The summed E-state index contributed by atoms with van der Waals surface area (Å²) in [5, 5.41) is 8.75. The predicted octanol–water partition coefficient (Wildman–Crippen LogP) is 2.70. The Bertz CT molecular complexity index is 451. The molecule has 2 aromatic rings. The molecule has 1 aromatic carbocycles. The normalized spacial score (nSPS) is 10.3. The van der Waals surface area contributed by atoms with Crippen molar-refractivity contribution in [2.24, 2.45) is 0 Å². The van der Waals surface area contributed by atoms with Crippen LogP contribution in [0.3, 0.4) is 0 Å². The molecule has 4 heteroatoms. The number of halogens is 1. The maximum atomic E-state index is 12.8. The molecular formula is C11H9FO3. The Morgan fingerprint density at radius 1 is 1.27 bits per heavy atom. The number of furan rings is 1. The Kier molecular flexibility index (Phi) is 2.69. The van der Waals surface area contributed by atoms with Gasteiger partial charge >= 0.3 is 0 Å². The van der Waals surface area contributed by atoms with Crippen LogP contribution in [0.15, 0.2) is 40.8 Å². The Hall–Kier alpha value is -1.81. The largest absolute Gasteiger partial charge is 0.428 e. The summed E-state index contributed by atoms with van der Waals surface area (Å²) in [7, 11) is 0. The lowest BCUT2D eigenvalue weighted by Crippen LogP contribution is -1.82. The first-order chi connectivity index (χ1) is 7.28. The van der Waals surface area contributed by atoms with Crippen LogP contribution in [-0.2, 0) is 6.61 Å². The first kappa shape index (κ1) is 9.73. The second-order valence-electron chi connectivity index (χ2n) is 2.94. The maximum absolute atomic E-state index is 12.8. The summed E-state index contributed by atoms with van der Waals surface area (Å²) in [4.78, 5) is 0. The van der Waals surface area contributed by atoms with Gasteiger partial charge in [0.25, 0.3) is 5.95 Å². The molecule has 78 valence electrons. The molecule has 0 radical (unpaired) electrons. The van der Waals surface area contributed by atoms with Crippen molar-refractivity contribution in [3.63, 3.8) is 0 Å². The number of aliphatic hydroxyl groups excluding tert-OH is 1. The number of aliphatic hydroxyl groups is 1. The van der Waals surface area contributed by atoms with Crippen molar-refractivity contribution in [3.05, 3.63) is 48.0 Å². The molecule has 0 bridgehead atoms. The van der Waals surface area contributed by atoms with E-state index in [-0.39, 0.29) is 18.4 Å². The fraction of sp³-hybridized carbons (Fsp3) is 0.0909. The third kappa shape index (κ3) is 2.35. The van der Waals surface area contributed by atoms with Gasteiger partial charge in [0.2, 0.25) is 0 Å². The summed E-state index contributed by atoms with van der Waals surface area (Å²) >= 11 is 0. The molecule has 0 saturated carbocycles. The third-order valence-electron chi connectivity index (χ3n) is 1.81. The van der Waals surface area contributed by atoms with E-state index in [1.54, 1.807) is 24.3 Å². The van der Waals surface area contributed by atoms with E-state index in [1.807, 2.05) is 0 Å². The molecule has 3 nitrogen and oxygen atoms in total. The van der Waals surface area contributed by atoms with Gasteiger partial charge in [-0.15, -0.1) is 0 Å². The van der Waals surface area contributed by atoms with Crippen molar-refractivity contribution in [2.45, 2.75) is 6.61 Å². The lowest BCUT2D eigenvalue weighted by Gasteiger charge is -2.00. The molecule has 15 heavy (non-hydrogen) atoms. The zero-order valence-electron chi connectivity index (χ0n) is 7.81. The first-order valence-corrected chi connectivity index (χ1v) is 4.41. The molecule has 0 aliphatic rings. The minimum absolute atomic E-state index is 0.188. The topological polar surface area (TPSA) is 42.6 Å². The van der Waals surface area contributed by atoms with Crippen LogP contribution in [0.5, 0.6) is 11.7 Å². The summed E-state index contributed by atoms with van der Waals surface area (Å²) in [6.07, 6.45) is 0. The quantitative estimate of drug-likeness (QED) is 0.843. The predicted molar refractivity (Wildman–Crippen MR) is 51.1 cm³/mol. The van der Waals surface area contributed by atoms with Gasteiger partial charge < -0.3 is 14.3 Å². The van der Waals surface area contributed by atoms with Gasteiger partial charge in [0.15, 0.2) is 0 Å². The van der Waals surface area contributed by atoms with Crippen LogP contribution in [0.4, 0.5) is 4.39 Å². The van der Waals surface area contributed by atoms with Crippen LogP contribution in [-0.4, -0.2) is 5.11 Å². The molecule has 1 aromatic heterocycles. The van der Waals surface area contributed by atoms with Gasteiger partial charge in [0.05, 0.1) is 0 Å². The molecule has 0 aliphatic carbocycles. The van der Waals surface area contributed by atoms with Crippen molar-refractivity contribution in [1.29, 1.82) is 0 Å². The SMILES string of the molecule is OCc1ccc(Oc2cccc(F)c2)o1. The van der Waals surface area contributed by atoms with Gasteiger partial charge in [-0.2, -0.15) is 0 Å². The molecule has 2 rings (SSSR count). The fourth-order valence-corrected chi connectivity index (χ4v) is 1.14. The summed E-state index contributed by atoms with van der Waals surface area (Å²) < 4.78 is 23.1. The molecule has 1 N–H and O–H groups in total. The van der Waals surface area contributed by atoms with Crippen LogP contribution in [0.2, 0.25) is 0 Å². The highest BCUT2D eigenvalue weighted by Crippen LogP contribution is 2.23. The maximum Gasteiger partial charge on any atom is 0.290 e. The van der Waals surface area contributed by atoms with Gasteiger partial charge in [-0.3, -0.25) is 0 Å². The standard InChI is InChI=1S/C11H9FO3/c12-8-2-1-3-9(6-8)14-11-5-4-10(7-13)15-11/h1-6,13H,7H2. The Balaban J connectivity index is 2.14.